The zero-order chi connectivity index (χ0) is 8.10. The SMILES string of the molecule is CN1CCC(CNCCO)C1. The lowest BCUT2D eigenvalue weighted by Crippen LogP contribution is -2.27. The summed E-state index contributed by atoms with van der Waals surface area (Å²) in [6.07, 6.45) is 1.30. The maximum Gasteiger partial charge on any atom is 0.0555 e. The fraction of sp³-hybridized carbons (Fsp3) is 1.00. The Morgan fingerprint density at radius 1 is 1.64 bits per heavy atom. The van der Waals surface area contributed by atoms with Crippen molar-refractivity contribution in [1.29, 1.82) is 0 Å². The molecule has 66 valence electrons. The van der Waals surface area contributed by atoms with Crippen molar-refractivity contribution in [3.63, 3.8) is 0 Å². The number of hydrogen-bond acceptors (Lipinski definition) is 3. The molecule has 2 N–H and O–H groups in total. The molecule has 1 atom stereocenters. The van der Waals surface area contributed by atoms with Gasteiger partial charge in [0, 0.05) is 13.1 Å². The molecule has 1 rings (SSSR count). The fourth-order valence-corrected chi connectivity index (χ4v) is 1.58. The topological polar surface area (TPSA) is 35.5 Å². The largest absolute Gasteiger partial charge is 0.395 e. The lowest BCUT2D eigenvalue weighted by Gasteiger charge is -2.10. The second-order valence-electron chi connectivity index (χ2n) is 3.34. The van der Waals surface area contributed by atoms with Crippen LogP contribution < -0.4 is 5.32 Å². The van der Waals surface area contributed by atoms with Crippen LogP contribution in [0.25, 0.3) is 0 Å². The summed E-state index contributed by atoms with van der Waals surface area (Å²) in [5, 5.41) is 11.7. The molecule has 1 unspecified atom stereocenters. The summed E-state index contributed by atoms with van der Waals surface area (Å²) in [6, 6.07) is 0. The molecule has 0 aliphatic carbocycles. The van der Waals surface area contributed by atoms with Crippen LogP contribution in [0.15, 0.2) is 0 Å². The van der Waals surface area contributed by atoms with Gasteiger partial charge in [0.2, 0.25) is 0 Å². The predicted molar refractivity (Wildman–Crippen MR) is 45.6 cm³/mol. The highest BCUT2D eigenvalue weighted by atomic mass is 16.3. The van der Waals surface area contributed by atoms with E-state index in [2.05, 4.69) is 17.3 Å². The second kappa shape index (κ2) is 4.70. The minimum Gasteiger partial charge on any atom is -0.395 e. The van der Waals surface area contributed by atoms with E-state index in [9.17, 15) is 0 Å². The highest BCUT2D eigenvalue weighted by molar-refractivity contribution is 4.74. The highest BCUT2D eigenvalue weighted by Gasteiger charge is 2.18. The van der Waals surface area contributed by atoms with Crippen LogP contribution in [-0.4, -0.2) is 49.8 Å². The van der Waals surface area contributed by atoms with Crippen molar-refractivity contribution in [3.05, 3.63) is 0 Å². The third-order valence-electron chi connectivity index (χ3n) is 2.21. The molecule has 1 saturated heterocycles. The molecule has 0 saturated carbocycles. The average molecular weight is 158 g/mol. The molecular weight excluding hydrogens is 140 g/mol. The van der Waals surface area contributed by atoms with Crippen molar-refractivity contribution in [1.82, 2.24) is 10.2 Å². The van der Waals surface area contributed by atoms with Gasteiger partial charge < -0.3 is 15.3 Å². The van der Waals surface area contributed by atoms with Gasteiger partial charge in [-0.25, -0.2) is 0 Å². The minimum atomic E-state index is 0.253. The molecule has 0 bridgehead atoms. The summed E-state index contributed by atoms with van der Waals surface area (Å²) >= 11 is 0. The van der Waals surface area contributed by atoms with E-state index in [1.165, 1.54) is 19.5 Å². The van der Waals surface area contributed by atoms with Crippen molar-refractivity contribution in [2.45, 2.75) is 6.42 Å². The van der Waals surface area contributed by atoms with E-state index in [0.717, 1.165) is 19.0 Å². The van der Waals surface area contributed by atoms with E-state index < -0.39 is 0 Å². The molecule has 0 aromatic heterocycles. The number of nitrogens with zero attached hydrogens (tertiary/aromatic N) is 1. The summed E-state index contributed by atoms with van der Waals surface area (Å²) < 4.78 is 0. The number of nitrogens with one attached hydrogen (secondary N) is 1. The lowest BCUT2D eigenvalue weighted by atomic mass is 10.1. The molecule has 0 radical (unpaired) electrons. The normalized spacial score (nSPS) is 26.2. The van der Waals surface area contributed by atoms with Gasteiger partial charge in [0.05, 0.1) is 6.61 Å². The maximum atomic E-state index is 8.52. The molecule has 0 aromatic carbocycles. The summed E-state index contributed by atoms with van der Waals surface area (Å²) in [4.78, 5) is 2.35. The van der Waals surface area contributed by atoms with Gasteiger partial charge in [0.25, 0.3) is 0 Å². The van der Waals surface area contributed by atoms with Crippen molar-refractivity contribution in [2.24, 2.45) is 5.92 Å². The van der Waals surface area contributed by atoms with Crippen LogP contribution in [0.2, 0.25) is 0 Å². The van der Waals surface area contributed by atoms with Gasteiger partial charge in [-0.1, -0.05) is 0 Å². The quantitative estimate of drug-likeness (QED) is 0.542. The average Bonchev–Trinajstić information content (AvgIpc) is 2.37. The molecule has 1 aliphatic heterocycles. The number of hydrogen-bond donors (Lipinski definition) is 2. The number of rotatable bonds is 4. The van der Waals surface area contributed by atoms with Gasteiger partial charge in [0.15, 0.2) is 0 Å². The molecule has 1 fully saturated rings. The number of aliphatic hydroxyl groups excluding tert-OH is 1. The molecule has 0 aromatic rings. The lowest BCUT2D eigenvalue weighted by molar-refractivity contribution is 0.287. The zero-order valence-corrected chi connectivity index (χ0v) is 7.21. The summed E-state index contributed by atoms with van der Waals surface area (Å²) in [5.41, 5.74) is 0. The number of aliphatic hydroxyl groups is 1. The van der Waals surface area contributed by atoms with Crippen LogP contribution in [0, 0.1) is 5.92 Å². The Bertz CT molecular complexity index is 108. The Balaban J connectivity index is 1.99. The van der Waals surface area contributed by atoms with E-state index in [4.69, 9.17) is 5.11 Å². The first-order valence-electron chi connectivity index (χ1n) is 4.33. The standard InChI is InChI=1S/C8H18N2O/c1-10-4-2-8(7-10)6-9-3-5-11/h8-9,11H,2-7H2,1H3. The number of likely N-dealkylation sites (tertiary alicyclic amines) is 1. The minimum absolute atomic E-state index is 0.253. The zero-order valence-electron chi connectivity index (χ0n) is 7.21. The first kappa shape index (κ1) is 8.97. The second-order valence-corrected chi connectivity index (χ2v) is 3.34. The smallest absolute Gasteiger partial charge is 0.0555 e. The van der Waals surface area contributed by atoms with E-state index in [1.807, 2.05) is 0 Å². The van der Waals surface area contributed by atoms with Crippen LogP contribution in [0.4, 0.5) is 0 Å². The molecule has 0 amide bonds. The Labute approximate surface area is 68.4 Å². The van der Waals surface area contributed by atoms with Crippen LogP contribution in [0.3, 0.4) is 0 Å². The van der Waals surface area contributed by atoms with Gasteiger partial charge in [0.1, 0.15) is 0 Å². The van der Waals surface area contributed by atoms with E-state index in [1.54, 1.807) is 0 Å². The third-order valence-corrected chi connectivity index (χ3v) is 2.21. The van der Waals surface area contributed by atoms with Crippen LogP contribution in [0.5, 0.6) is 0 Å². The molecule has 3 nitrogen and oxygen atoms in total. The monoisotopic (exact) mass is 158 g/mol. The Kier molecular flexibility index (Phi) is 3.83. The van der Waals surface area contributed by atoms with Crippen LogP contribution in [-0.2, 0) is 0 Å². The molecule has 1 heterocycles. The van der Waals surface area contributed by atoms with Crippen LogP contribution >= 0.6 is 0 Å². The van der Waals surface area contributed by atoms with Gasteiger partial charge in [-0.15, -0.1) is 0 Å². The predicted octanol–water partition coefficient (Wildman–Crippen LogP) is -0.480. The summed E-state index contributed by atoms with van der Waals surface area (Å²) in [6.45, 7) is 4.48. The summed E-state index contributed by atoms with van der Waals surface area (Å²) in [7, 11) is 2.16. The molecule has 3 heteroatoms. The Hall–Kier alpha value is -0.120. The van der Waals surface area contributed by atoms with Crippen LogP contribution in [0.1, 0.15) is 6.42 Å². The molecular formula is C8H18N2O. The molecule has 11 heavy (non-hydrogen) atoms. The first-order chi connectivity index (χ1) is 5.33. The Morgan fingerprint density at radius 2 is 2.45 bits per heavy atom. The molecule has 0 spiro atoms. The Morgan fingerprint density at radius 3 is 3.00 bits per heavy atom. The van der Waals surface area contributed by atoms with Gasteiger partial charge in [-0.3, -0.25) is 0 Å². The van der Waals surface area contributed by atoms with Crippen molar-refractivity contribution in [2.75, 3.05) is 39.8 Å². The maximum absolute atomic E-state index is 8.52. The third kappa shape index (κ3) is 3.18. The van der Waals surface area contributed by atoms with E-state index in [-0.39, 0.29) is 6.61 Å². The van der Waals surface area contributed by atoms with Crippen molar-refractivity contribution < 1.29 is 5.11 Å². The van der Waals surface area contributed by atoms with E-state index in [0.29, 0.717) is 0 Å². The summed E-state index contributed by atoms with van der Waals surface area (Å²) in [5.74, 6) is 0.798. The van der Waals surface area contributed by atoms with Gasteiger partial charge in [-0.2, -0.15) is 0 Å². The van der Waals surface area contributed by atoms with E-state index >= 15 is 0 Å². The fourth-order valence-electron chi connectivity index (χ4n) is 1.58. The first-order valence-corrected chi connectivity index (χ1v) is 4.33. The van der Waals surface area contributed by atoms with Gasteiger partial charge in [-0.05, 0) is 32.5 Å². The van der Waals surface area contributed by atoms with Crippen molar-refractivity contribution in [3.8, 4) is 0 Å². The molecule has 1 aliphatic rings. The van der Waals surface area contributed by atoms with Gasteiger partial charge >= 0.3 is 0 Å². The van der Waals surface area contributed by atoms with Crippen molar-refractivity contribution >= 4 is 0 Å². The highest BCUT2D eigenvalue weighted by Crippen LogP contribution is 2.12.